The van der Waals surface area contributed by atoms with E-state index in [9.17, 15) is 4.79 Å². The van der Waals surface area contributed by atoms with Crippen molar-refractivity contribution in [2.24, 2.45) is 5.92 Å². The third kappa shape index (κ3) is 2.34. The molecule has 1 N–H and O–H groups in total. The first-order valence-electron chi connectivity index (χ1n) is 7.23. The number of hydrogen-bond acceptors (Lipinski definition) is 5. The van der Waals surface area contributed by atoms with Gasteiger partial charge >= 0.3 is 0 Å². The molecule has 3 atom stereocenters. The molecular formula is C15H18N2O4. The van der Waals surface area contributed by atoms with E-state index in [-0.39, 0.29) is 30.8 Å². The summed E-state index contributed by atoms with van der Waals surface area (Å²) in [6.45, 7) is 1.96. The van der Waals surface area contributed by atoms with E-state index in [1.54, 1.807) is 6.07 Å². The summed E-state index contributed by atoms with van der Waals surface area (Å²) in [4.78, 5) is 14.7. The molecule has 1 aromatic rings. The topological polar surface area (TPSA) is 60.0 Å². The number of likely N-dealkylation sites (tertiary alicyclic amines) is 1. The molecule has 2 bridgehead atoms. The van der Waals surface area contributed by atoms with Gasteiger partial charge in [0.15, 0.2) is 11.5 Å². The van der Waals surface area contributed by atoms with Crippen LogP contribution in [0.1, 0.15) is 6.42 Å². The van der Waals surface area contributed by atoms with Gasteiger partial charge in [-0.25, -0.2) is 0 Å². The van der Waals surface area contributed by atoms with E-state index >= 15 is 0 Å². The summed E-state index contributed by atoms with van der Waals surface area (Å²) in [5, 5.41) is 2.97. The zero-order chi connectivity index (χ0) is 14.4. The van der Waals surface area contributed by atoms with Crippen LogP contribution in [-0.4, -0.2) is 49.9 Å². The Kier molecular flexibility index (Phi) is 3.01. The zero-order valence-electron chi connectivity index (χ0n) is 11.9. The van der Waals surface area contributed by atoms with Crippen molar-refractivity contribution in [2.75, 3.05) is 32.2 Å². The van der Waals surface area contributed by atoms with E-state index in [1.165, 1.54) is 0 Å². The van der Waals surface area contributed by atoms with Gasteiger partial charge in [-0.3, -0.25) is 4.79 Å². The van der Waals surface area contributed by atoms with Gasteiger partial charge in [-0.2, -0.15) is 0 Å². The molecule has 2 fully saturated rings. The zero-order valence-corrected chi connectivity index (χ0v) is 11.9. The second-order valence-electron chi connectivity index (χ2n) is 5.92. The molecule has 6 heteroatoms. The van der Waals surface area contributed by atoms with Crippen LogP contribution in [0.3, 0.4) is 0 Å². The molecule has 0 spiro atoms. The lowest BCUT2D eigenvalue weighted by molar-refractivity contribution is -0.122. The Hall–Kier alpha value is -1.79. The number of anilines is 1. The van der Waals surface area contributed by atoms with Crippen LogP contribution >= 0.6 is 0 Å². The first kappa shape index (κ1) is 12.9. The van der Waals surface area contributed by atoms with Gasteiger partial charge in [0.25, 0.3) is 0 Å². The molecule has 0 unspecified atom stereocenters. The van der Waals surface area contributed by atoms with Gasteiger partial charge < -0.3 is 24.4 Å². The number of fused-ring (bicyclic) bond motifs is 3. The van der Waals surface area contributed by atoms with Crippen LogP contribution in [-0.2, 0) is 9.53 Å². The van der Waals surface area contributed by atoms with Crippen LogP contribution in [0.2, 0.25) is 0 Å². The highest BCUT2D eigenvalue weighted by Crippen LogP contribution is 2.36. The van der Waals surface area contributed by atoms with Crippen molar-refractivity contribution in [2.45, 2.75) is 18.6 Å². The van der Waals surface area contributed by atoms with Gasteiger partial charge in [-0.05, 0) is 25.6 Å². The second-order valence-corrected chi connectivity index (χ2v) is 5.92. The Morgan fingerprint density at radius 3 is 3.05 bits per heavy atom. The monoisotopic (exact) mass is 290 g/mol. The van der Waals surface area contributed by atoms with Gasteiger partial charge in [0.05, 0.1) is 18.1 Å². The fraction of sp³-hybridized carbons (Fsp3) is 0.533. The lowest BCUT2D eigenvalue weighted by Gasteiger charge is -2.29. The van der Waals surface area contributed by atoms with Crippen LogP contribution in [0.25, 0.3) is 0 Å². The summed E-state index contributed by atoms with van der Waals surface area (Å²) in [6.07, 6.45) is 0.981. The fourth-order valence-corrected chi connectivity index (χ4v) is 3.33. The SMILES string of the molecule is CN1C[C@@H]2C[C@H](C(=O)Nc3ccc4c(c3)OCO4)[C@@H](C1)O2. The van der Waals surface area contributed by atoms with Crippen molar-refractivity contribution in [1.82, 2.24) is 4.90 Å². The summed E-state index contributed by atoms with van der Waals surface area (Å²) in [5.41, 5.74) is 0.735. The first-order chi connectivity index (χ1) is 10.2. The predicted molar refractivity (Wildman–Crippen MR) is 75.5 cm³/mol. The quantitative estimate of drug-likeness (QED) is 0.883. The average molecular weight is 290 g/mol. The van der Waals surface area contributed by atoms with Crippen molar-refractivity contribution < 1.29 is 19.0 Å². The predicted octanol–water partition coefficient (Wildman–Crippen LogP) is 1.07. The van der Waals surface area contributed by atoms with Crippen molar-refractivity contribution in [3.8, 4) is 11.5 Å². The molecule has 3 aliphatic heterocycles. The van der Waals surface area contributed by atoms with Gasteiger partial charge in [0.2, 0.25) is 12.7 Å². The largest absolute Gasteiger partial charge is 0.454 e. The minimum Gasteiger partial charge on any atom is -0.454 e. The Labute approximate surface area is 123 Å². The van der Waals surface area contributed by atoms with E-state index in [0.717, 1.165) is 30.9 Å². The van der Waals surface area contributed by atoms with Crippen molar-refractivity contribution >= 4 is 11.6 Å². The first-order valence-corrected chi connectivity index (χ1v) is 7.23. The standard InChI is InChI=1S/C15H18N2O4/c1-17-6-10-5-11(14(7-17)21-10)15(18)16-9-2-3-12-13(4-9)20-8-19-12/h2-4,10-11,14H,5-8H2,1H3,(H,16,18)/t10-,11-,14+/m0/s1. The molecule has 0 aliphatic carbocycles. The highest BCUT2D eigenvalue weighted by Gasteiger charge is 2.43. The Morgan fingerprint density at radius 2 is 2.14 bits per heavy atom. The van der Waals surface area contributed by atoms with Crippen LogP contribution in [0.5, 0.6) is 11.5 Å². The number of likely N-dealkylation sites (N-methyl/N-ethyl adjacent to an activating group) is 1. The summed E-state index contributed by atoms with van der Waals surface area (Å²) in [6, 6.07) is 5.45. The molecule has 3 aliphatic rings. The summed E-state index contributed by atoms with van der Waals surface area (Å²) in [5.74, 6) is 1.34. The van der Waals surface area contributed by atoms with E-state index < -0.39 is 0 Å². The Balaban J connectivity index is 1.46. The number of benzene rings is 1. The molecule has 1 aromatic carbocycles. The number of ether oxygens (including phenoxy) is 3. The molecular weight excluding hydrogens is 272 g/mol. The van der Waals surface area contributed by atoms with E-state index in [2.05, 4.69) is 17.3 Å². The lowest BCUT2D eigenvalue weighted by atomic mass is 9.99. The number of carbonyl (C=O) groups is 1. The molecule has 0 saturated carbocycles. The Morgan fingerprint density at radius 1 is 1.29 bits per heavy atom. The molecule has 6 nitrogen and oxygen atoms in total. The maximum absolute atomic E-state index is 12.5. The highest BCUT2D eigenvalue weighted by molar-refractivity contribution is 5.93. The second kappa shape index (κ2) is 4.89. The molecule has 0 radical (unpaired) electrons. The molecule has 1 amide bonds. The Bertz CT molecular complexity index is 577. The van der Waals surface area contributed by atoms with E-state index in [1.807, 2.05) is 12.1 Å². The number of morpholine rings is 1. The van der Waals surface area contributed by atoms with Gasteiger partial charge in [0.1, 0.15) is 0 Å². The number of nitrogens with zero attached hydrogens (tertiary/aromatic N) is 1. The van der Waals surface area contributed by atoms with Gasteiger partial charge in [-0.1, -0.05) is 0 Å². The minimum absolute atomic E-state index is 0.00256. The van der Waals surface area contributed by atoms with Crippen LogP contribution < -0.4 is 14.8 Å². The number of nitrogens with one attached hydrogen (secondary N) is 1. The third-order valence-corrected chi connectivity index (χ3v) is 4.32. The minimum atomic E-state index is -0.0784. The summed E-state index contributed by atoms with van der Waals surface area (Å²) in [7, 11) is 2.07. The average Bonchev–Trinajstić information content (AvgIpc) is 3.02. The number of carbonyl (C=O) groups excluding carboxylic acids is 1. The van der Waals surface area contributed by atoms with Gasteiger partial charge in [-0.15, -0.1) is 0 Å². The van der Waals surface area contributed by atoms with Crippen molar-refractivity contribution in [3.63, 3.8) is 0 Å². The summed E-state index contributed by atoms with van der Waals surface area (Å²) >= 11 is 0. The third-order valence-electron chi connectivity index (χ3n) is 4.32. The van der Waals surface area contributed by atoms with E-state index in [0.29, 0.717) is 5.75 Å². The van der Waals surface area contributed by atoms with E-state index in [4.69, 9.17) is 14.2 Å². The summed E-state index contributed by atoms with van der Waals surface area (Å²) < 4.78 is 16.5. The molecule has 2 saturated heterocycles. The van der Waals surface area contributed by atoms with Crippen molar-refractivity contribution in [1.29, 1.82) is 0 Å². The van der Waals surface area contributed by atoms with Gasteiger partial charge in [0, 0.05) is 24.8 Å². The smallest absolute Gasteiger partial charge is 0.231 e. The molecule has 21 heavy (non-hydrogen) atoms. The lowest BCUT2D eigenvalue weighted by Crippen LogP contribution is -2.42. The maximum Gasteiger partial charge on any atom is 0.231 e. The number of hydrogen-bond donors (Lipinski definition) is 1. The van der Waals surface area contributed by atoms with Crippen LogP contribution in [0.15, 0.2) is 18.2 Å². The van der Waals surface area contributed by atoms with Crippen molar-refractivity contribution in [3.05, 3.63) is 18.2 Å². The number of rotatable bonds is 2. The maximum atomic E-state index is 12.5. The normalized spacial score (nSPS) is 30.4. The molecule has 0 aromatic heterocycles. The molecule has 4 rings (SSSR count). The molecule has 3 heterocycles. The molecule has 112 valence electrons. The highest BCUT2D eigenvalue weighted by atomic mass is 16.7. The fourth-order valence-electron chi connectivity index (χ4n) is 3.33. The van der Waals surface area contributed by atoms with Crippen LogP contribution in [0, 0.1) is 5.92 Å². The van der Waals surface area contributed by atoms with Crippen LogP contribution in [0.4, 0.5) is 5.69 Å². The number of amides is 1.